The van der Waals surface area contributed by atoms with Gasteiger partial charge in [0, 0.05) is 35.6 Å². The lowest BCUT2D eigenvalue weighted by atomic mass is 9.99. The number of methoxy groups -OCH3 is 1. The highest BCUT2D eigenvalue weighted by Crippen LogP contribution is 2.37. The fourth-order valence-corrected chi connectivity index (χ4v) is 6.31. The Morgan fingerprint density at radius 2 is 1.74 bits per heavy atom. The number of hydrogen-bond acceptors (Lipinski definition) is 6. The maximum absolute atomic E-state index is 13.0. The highest BCUT2D eigenvalue weighted by molar-refractivity contribution is 8.14. The first-order valence-electron chi connectivity index (χ1n) is 15.1. The molecule has 0 spiro atoms. The number of urea groups is 1. The van der Waals surface area contributed by atoms with Gasteiger partial charge < -0.3 is 14.4 Å². The van der Waals surface area contributed by atoms with Crippen LogP contribution in [0.5, 0.6) is 11.5 Å². The Balaban J connectivity index is 1.26. The molecule has 1 aliphatic rings. The second-order valence-electron chi connectivity index (χ2n) is 11.4. The summed E-state index contributed by atoms with van der Waals surface area (Å²) in [4.78, 5) is 28.0. The number of hydrogen-bond donors (Lipinski definition) is 0. The maximum Gasteiger partial charge on any atom is 0.573 e. The van der Waals surface area contributed by atoms with Crippen molar-refractivity contribution in [1.82, 2.24) is 14.8 Å². The first kappa shape index (κ1) is 33.7. The quantitative estimate of drug-likeness (QED) is 0.174. The Morgan fingerprint density at radius 1 is 1.04 bits per heavy atom. The van der Waals surface area contributed by atoms with E-state index < -0.39 is 12.4 Å². The predicted octanol–water partition coefficient (Wildman–Crippen LogP) is 8.65. The molecular weight excluding hydrogens is 629 g/mol. The molecule has 0 aliphatic carbocycles. The molecule has 9 nitrogen and oxygen atoms in total. The van der Waals surface area contributed by atoms with E-state index in [9.17, 15) is 18.0 Å². The van der Waals surface area contributed by atoms with Crippen LogP contribution in [0, 0.1) is 0 Å². The molecular formula is C34H35F3N6O3S. The third-order valence-electron chi connectivity index (χ3n) is 7.65. The molecule has 3 aromatic carbocycles. The molecule has 0 saturated carbocycles. The Hall–Kier alpha value is -4.65. The lowest BCUT2D eigenvalue weighted by molar-refractivity contribution is -0.274. The third-order valence-corrected chi connectivity index (χ3v) is 8.64. The standard InChI is InChI=1S/C34H35F3N6O3S/c1-21(2)29-15-14-28(45-5)18-30(29)43-23(4)16-17-47-33(43)40-32(44)38-19-22(3)24-6-8-25(9-7-24)31-39-20-42(41-31)26-10-12-27(13-11-26)46-34(35,36)37/h6-15,18-23H,16-17H2,1-5H3. The number of amides is 2. The molecule has 0 N–H and O–H groups in total. The number of aliphatic imine (C=N–C) groups is 2. The number of thioether (sulfide) groups is 1. The van der Waals surface area contributed by atoms with Crippen LogP contribution in [0.2, 0.25) is 0 Å². The van der Waals surface area contributed by atoms with Crippen LogP contribution in [-0.4, -0.2) is 57.4 Å². The van der Waals surface area contributed by atoms with Crippen molar-refractivity contribution in [3.8, 4) is 28.6 Å². The molecule has 5 rings (SSSR count). The highest BCUT2D eigenvalue weighted by atomic mass is 32.2. The van der Waals surface area contributed by atoms with E-state index in [1.165, 1.54) is 35.3 Å². The van der Waals surface area contributed by atoms with Crippen LogP contribution in [0.1, 0.15) is 57.1 Å². The molecule has 246 valence electrons. The van der Waals surface area contributed by atoms with E-state index in [0.717, 1.165) is 40.3 Å². The lowest BCUT2D eigenvalue weighted by Gasteiger charge is -2.37. The predicted molar refractivity (Wildman–Crippen MR) is 179 cm³/mol. The number of aromatic nitrogens is 3. The molecule has 2 atom stereocenters. The smallest absolute Gasteiger partial charge is 0.497 e. The van der Waals surface area contributed by atoms with E-state index in [0.29, 0.717) is 16.7 Å². The largest absolute Gasteiger partial charge is 0.573 e. The van der Waals surface area contributed by atoms with Gasteiger partial charge in [-0.3, -0.25) is 0 Å². The van der Waals surface area contributed by atoms with Crippen molar-refractivity contribution >= 4 is 34.9 Å². The van der Waals surface area contributed by atoms with Gasteiger partial charge in [-0.05, 0) is 60.7 Å². The number of carbonyl (C=O) groups is 1. The molecule has 1 aliphatic heterocycles. The maximum atomic E-state index is 13.0. The van der Waals surface area contributed by atoms with Gasteiger partial charge >= 0.3 is 12.4 Å². The van der Waals surface area contributed by atoms with Gasteiger partial charge in [0.05, 0.1) is 18.5 Å². The zero-order valence-electron chi connectivity index (χ0n) is 26.6. The summed E-state index contributed by atoms with van der Waals surface area (Å²) in [6.45, 7) is 8.35. The summed E-state index contributed by atoms with van der Waals surface area (Å²) in [5, 5.41) is 5.07. The molecule has 0 radical (unpaired) electrons. The van der Waals surface area contributed by atoms with Gasteiger partial charge in [0.2, 0.25) is 0 Å². The Bertz CT molecular complexity index is 1750. The van der Waals surface area contributed by atoms with Crippen LogP contribution >= 0.6 is 11.8 Å². The Kier molecular flexibility index (Phi) is 10.3. The zero-order valence-corrected chi connectivity index (χ0v) is 27.4. The van der Waals surface area contributed by atoms with Crippen molar-refractivity contribution in [1.29, 1.82) is 0 Å². The van der Waals surface area contributed by atoms with Gasteiger partial charge in [-0.2, -0.15) is 4.99 Å². The van der Waals surface area contributed by atoms with E-state index in [4.69, 9.17) is 4.74 Å². The second kappa shape index (κ2) is 14.4. The van der Waals surface area contributed by atoms with Crippen LogP contribution in [0.25, 0.3) is 17.1 Å². The molecule has 2 amide bonds. The third kappa shape index (κ3) is 8.39. The van der Waals surface area contributed by atoms with Crippen LogP contribution in [0.4, 0.5) is 23.7 Å². The second-order valence-corrected chi connectivity index (χ2v) is 12.4. The fraction of sp³-hybridized carbons (Fsp3) is 0.324. The number of benzene rings is 3. The number of carbonyl (C=O) groups excluding carboxylic acids is 1. The van der Waals surface area contributed by atoms with E-state index in [-0.39, 0.29) is 23.6 Å². The number of ether oxygens (including phenoxy) is 2. The summed E-state index contributed by atoms with van der Waals surface area (Å²) in [6, 6.07) is 18.5. The minimum absolute atomic E-state index is 0.146. The highest BCUT2D eigenvalue weighted by Gasteiger charge is 2.31. The fourth-order valence-electron chi connectivity index (χ4n) is 5.11. The summed E-state index contributed by atoms with van der Waals surface area (Å²) in [5.74, 6) is 1.82. The van der Waals surface area contributed by atoms with Crippen LogP contribution in [0.3, 0.4) is 0 Å². The number of halogens is 3. The molecule has 13 heteroatoms. The number of rotatable bonds is 8. The van der Waals surface area contributed by atoms with Gasteiger partial charge in [-0.25, -0.2) is 19.5 Å². The van der Waals surface area contributed by atoms with E-state index >= 15 is 0 Å². The molecule has 2 unspecified atom stereocenters. The summed E-state index contributed by atoms with van der Waals surface area (Å²) < 4.78 is 48.2. The van der Waals surface area contributed by atoms with Crippen molar-refractivity contribution in [3.05, 3.63) is 84.2 Å². The minimum Gasteiger partial charge on any atom is -0.497 e. The number of amidine groups is 1. The molecule has 1 saturated heterocycles. The molecule has 1 aromatic heterocycles. The van der Waals surface area contributed by atoms with E-state index in [2.05, 4.69) is 56.5 Å². The van der Waals surface area contributed by atoms with Crippen molar-refractivity contribution in [2.75, 3.05) is 17.8 Å². The monoisotopic (exact) mass is 664 g/mol. The number of alkyl halides is 3. The van der Waals surface area contributed by atoms with Crippen molar-refractivity contribution < 1.29 is 27.4 Å². The van der Waals surface area contributed by atoms with E-state index in [1.807, 2.05) is 43.3 Å². The number of nitrogens with zero attached hydrogens (tertiary/aromatic N) is 6. The van der Waals surface area contributed by atoms with Crippen LogP contribution in [0.15, 0.2) is 83.0 Å². The average Bonchev–Trinajstić information content (AvgIpc) is 3.53. The van der Waals surface area contributed by atoms with Gasteiger partial charge in [0.25, 0.3) is 0 Å². The van der Waals surface area contributed by atoms with Crippen molar-refractivity contribution in [2.24, 2.45) is 9.98 Å². The minimum atomic E-state index is -4.76. The van der Waals surface area contributed by atoms with Crippen LogP contribution in [-0.2, 0) is 0 Å². The molecule has 2 heterocycles. The average molecular weight is 665 g/mol. The van der Waals surface area contributed by atoms with E-state index in [1.54, 1.807) is 25.1 Å². The summed E-state index contributed by atoms with van der Waals surface area (Å²) in [7, 11) is 1.64. The normalized spacial score (nSPS) is 17.0. The summed E-state index contributed by atoms with van der Waals surface area (Å²) in [6.07, 6.45) is -0.735. The van der Waals surface area contributed by atoms with Gasteiger partial charge in [0.15, 0.2) is 11.0 Å². The van der Waals surface area contributed by atoms with Crippen LogP contribution < -0.4 is 14.4 Å². The lowest BCUT2D eigenvalue weighted by Crippen LogP contribution is -2.42. The van der Waals surface area contributed by atoms with Gasteiger partial charge in [-0.1, -0.05) is 62.9 Å². The van der Waals surface area contributed by atoms with Crippen molar-refractivity contribution in [2.45, 2.75) is 58.4 Å². The molecule has 47 heavy (non-hydrogen) atoms. The first-order valence-corrected chi connectivity index (χ1v) is 16.1. The molecule has 0 bridgehead atoms. The Morgan fingerprint density at radius 3 is 2.40 bits per heavy atom. The topological polar surface area (TPSA) is 94.2 Å². The zero-order chi connectivity index (χ0) is 33.7. The van der Waals surface area contributed by atoms with Crippen molar-refractivity contribution in [3.63, 3.8) is 0 Å². The summed E-state index contributed by atoms with van der Waals surface area (Å²) in [5.41, 5.74) is 4.34. The SMILES string of the molecule is COc1ccc(C(C)C)c(N2C(=NC(=O)N=CC(C)c3ccc(-c4ncn(-c5ccc(OC(F)(F)F)cc5)n4)cc3)SCCC2C)c1. The molecule has 1 fully saturated rings. The molecule has 4 aromatic rings. The first-order chi connectivity index (χ1) is 22.4. The van der Waals surface area contributed by atoms with Gasteiger partial charge in [0.1, 0.15) is 17.8 Å². The number of anilines is 1. The summed E-state index contributed by atoms with van der Waals surface area (Å²) >= 11 is 1.55. The van der Waals surface area contributed by atoms with Gasteiger partial charge in [-0.15, -0.1) is 18.3 Å². The Labute approximate surface area is 275 Å².